The smallest absolute Gasteiger partial charge is 0.224 e. The van der Waals surface area contributed by atoms with E-state index in [0.717, 1.165) is 5.69 Å². The van der Waals surface area contributed by atoms with E-state index in [4.69, 9.17) is 21.6 Å². The van der Waals surface area contributed by atoms with Crippen LogP contribution in [0.5, 0.6) is 0 Å². The van der Waals surface area contributed by atoms with Crippen LogP contribution in [0.3, 0.4) is 0 Å². The molecule has 20 heavy (non-hydrogen) atoms. The monoisotopic (exact) mass is 293 g/mol. The van der Waals surface area contributed by atoms with Crippen molar-refractivity contribution < 1.29 is 9.53 Å². The number of amides is 1. The van der Waals surface area contributed by atoms with E-state index < -0.39 is 0 Å². The fraction of sp³-hybridized carbons (Fsp3) is 0.429. The number of likely N-dealkylation sites (tertiary alicyclic amines) is 1. The Morgan fingerprint density at radius 3 is 3.05 bits per heavy atom. The first-order valence-corrected chi connectivity index (χ1v) is 6.74. The summed E-state index contributed by atoms with van der Waals surface area (Å²) < 4.78 is 4.98. The fourth-order valence-electron chi connectivity index (χ4n) is 2.22. The summed E-state index contributed by atoms with van der Waals surface area (Å²) in [6.45, 7) is 1.81. The van der Waals surface area contributed by atoms with Crippen molar-refractivity contribution in [2.75, 3.05) is 32.1 Å². The molecule has 6 heteroatoms. The Bertz CT molecular complexity index is 542. The van der Waals surface area contributed by atoms with Crippen molar-refractivity contribution in [3.8, 4) is 6.07 Å². The van der Waals surface area contributed by atoms with Gasteiger partial charge in [0.2, 0.25) is 5.91 Å². The van der Waals surface area contributed by atoms with Gasteiger partial charge in [0.1, 0.15) is 6.07 Å². The van der Waals surface area contributed by atoms with Crippen LogP contribution in [0.4, 0.5) is 5.69 Å². The lowest BCUT2D eigenvalue weighted by Crippen LogP contribution is -2.30. The highest BCUT2D eigenvalue weighted by Crippen LogP contribution is 2.22. The zero-order valence-corrected chi connectivity index (χ0v) is 12.0. The second-order valence-corrected chi connectivity index (χ2v) is 5.09. The molecule has 1 atom stereocenters. The summed E-state index contributed by atoms with van der Waals surface area (Å²) in [5, 5.41) is 12.5. The van der Waals surface area contributed by atoms with Crippen molar-refractivity contribution in [2.24, 2.45) is 0 Å². The van der Waals surface area contributed by atoms with E-state index in [-0.39, 0.29) is 11.9 Å². The lowest BCUT2D eigenvalue weighted by molar-refractivity contribution is -0.128. The normalized spacial score (nSPS) is 18.1. The number of carbonyl (C=O) groups is 1. The minimum absolute atomic E-state index is 0.0587. The van der Waals surface area contributed by atoms with Gasteiger partial charge in [-0.15, -0.1) is 0 Å². The number of benzene rings is 1. The molecule has 0 bridgehead atoms. The largest absolute Gasteiger partial charge is 0.383 e. The third-order valence-corrected chi connectivity index (χ3v) is 3.55. The molecule has 0 spiro atoms. The summed E-state index contributed by atoms with van der Waals surface area (Å²) in [6, 6.07) is 7.26. The van der Waals surface area contributed by atoms with E-state index in [1.807, 2.05) is 6.07 Å². The molecule has 0 aromatic heterocycles. The van der Waals surface area contributed by atoms with Crippen LogP contribution in [0.25, 0.3) is 0 Å². The molecule has 1 aromatic carbocycles. The van der Waals surface area contributed by atoms with Crippen LogP contribution in [0.1, 0.15) is 12.0 Å². The summed E-state index contributed by atoms with van der Waals surface area (Å²) in [6.07, 6.45) is 0.460. The predicted molar refractivity (Wildman–Crippen MR) is 76.7 cm³/mol. The first kappa shape index (κ1) is 14.6. The van der Waals surface area contributed by atoms with Crippen molar-refractivity contribution in [3.63, 3.8) is 0 Å². The number of nitrogens with one attached hydrogen (secondary N) is 1. The maximum absolute atomic E-state index is 11.8. The van der Waals surface area contributed by atoms with Gasteiger partial charge in [0.15, 0.2) is 0 Å². The molecule has 106 valence electrons. The van der Waals surface area contributed by atoms with Crippen molar-refractivity contribution >= 4 is 23.2 Å². The van der Waals surface area contributed by atoms with Crippen LogP contribution < -0.4 is 5.32 Å². The molecule has 1 saturated heterocycles. The summed E-state index contributed by atoms with van der Waals surface area (Å²) in [4.78, 5) is 13.6. The molecule has 0 saturated carbocycles. The molecule has 1 unspecified atom stereocenters. The standard InChI is InChI=1S/C14H16ClN3O2/c1-20-5-4-18-9-12(7-14(18)19)17-11-3-2-10(8-16)13(15)6-11/h2-3,6,12,17H,4-5,7,9H2,1H3. The van der Waals surface area contributed by atoms with Gasteiger partial charge in [0.05, 0.1) is 23.2 Å². The highest BCUT2D eigenvalue weighted by Gasteiger charge is 2.29. The molecule has 1 fully saturated rings. The molecule has 1 aliphatic heterocycles. The number of hydrogen-bond acceptors (Lipinski definition) is 4. The van der Waals surface area contributed by atoms with Crippen LogP contribution in [0, 0.1) is 11.3 Å². The van der Waals surface area contributed by atoms with Crippen LogP contribution in [-0.4, -0.2) is 43.7 Å². The maximum atomic E-state index is 11.8. The molecular weight excluding hydrogens is 278 g/mol. The molecule has 1 aromatic rings. The minimum atomic E-state index is 0.0587. The van der Waals surface area contributed by atoms with Crippen LogP contribution in [0.15, 0.2) is 18.2 Å². The van der Waals surface area contributed by atoms with E-state index in [1.165, 1.54) is 0 Å². The van der Waals surface area contributed by atoms with E-state index >= 15 is 0 Å². The molecule has 0 aliphatic carbocycles. The van der Waals surface area contributed by atoms with Crippen LogP contribution >= 0.6 is 11.6 Å². The number of anilines is 1. The molecule has 2 rings (SSSR count). The fourth-order valence-corrected chi connectivity index (χ4v) is 2.44. The zero-order chi connectivity index (χ0) is 14.5. The number of hydrogen-bond donors (Lipinski definition) is 1. The first-order valence-electron chi connectivity index (χ1n) is 6.37. The van der Waals surface area contributed by atoms with Gasteiger partial charge >= 0.3 is 0 Å². The van der Waals surface area contributed by atoms with Crippen molar-refractivity contribution in [2.45, 2.75) is 12.5 Å². The highest BCUT2D eigenvalue weighted by atomic mass is 35.5. The summed E-state index contributed by atoms with van der Waals surface area (Å²) in [7, 11) is 1.62. The molecular formula is C14H16ClN3O2. The molecule has 1 aliphatic rings. The van der Waals surface area contributed by atoms with Crippen molar-refractivity contribution in [1.82, 2.24) is 4.90 Å². The average Bonchev–Trinajstić information content (AvgIpc) is 2.76. The molecule has 1 amide bonds. The second kappa shape index (κ2) is 6.60. The maximum Gasteiger partial charge on any atom is 0.224 e. The number of nitriles is 1. The van der Waals surface area contributed by atoms with Crippen molar-refractivity contribution in [3.05, 3.63) is 28.8 Å². The zero-order valence-electron chi connectivity index (χ0n) is 11.2. The van der Waals surface area contributed by atoms with Crippen LogP contribution in [0.2, 0.25) is 5.02 Å². The molecule has 5 nitrogen and oxygen atoms in total. The topological polar surface area (TPSA) is 65.4 Å². The summed E-state index contributed by atoms with van der Waals surface area (Å²) in [5.41, 5.74) is 1.27. The van der Waals surface area contributed by atoms with Gasteiger partial charge in [-0.25, -0.2) is 0 Å². The SMILES string of the molecule is COCCN1CC(Nc2ccc(C#N)c(Cl)c2)CC1=O. The number of halogens is 1. The minimum Gasteiger partial charge on any atom is -0.383 e. The van der Waals surface area contributed by atoms with E-state index in [0.29, 0.717) is 36.7 Å². The number of rotatable bonds is 5. The summed E-state index contributed by atoms with van der Waals surface area (Å²) >= 11 is 5.98. The molecule has 1 heterocycles. The Kier molecular flexibility index (Phi) is 4.83. The second-order valence-electron chi connectivity index (χ2n) is 4.68. The third kappa shape index (κ3) is 3.41. The lowest BCUT2D eigenvalue weighted by Gasteiger charge is -2.17. The van der Waals surface area contributed by atoms with Crippen LogP contribution in [-0.2, 0) is 9.53 Å². The quantitative estimate of drug-likeness (QED) is 0.900. The van der Waals surface area contributed by atoms with Gasteiger partial charge in [-0.1, -0.05) is 11.6 Å². The van der Waals surface area contributed by atoms with Gasteiger partial charge in [0, 0.05) is 32.3 Å². The number of carbonyl (C=O) groups excluding carboxylic acids is 1. The Balaban J connectivity index is 1.96. The highest BCUT2D eigenvalue weighted by molar-refractivity contribution is 6.32. The Labute approximate surface area is 123 Å². The first-order chi connectivity index (χ1) is 9.63. The van der Waals surface area contributed by atoms with Gasteiger partial charge in [-0.3, -0.25) is 4.79 Å². The van der Waals surface area contributed by atoms with Crippen molar-refractivity contribution in [1.29, 1.82) is 5.26 Å². The third-order valence-electron chi connectivity index (χ3n) is 3.24. The van der Waals surface area contributed by atoms with E-state index in [9.17, 15) is 4.79 Å². The average molecular weight is 294 g/mol. The number of nitrogens with zero attached hydrogens (tertiary/aromatic N) is 2. The molecule has 0 radical (unpaired) electrons. The molecule has 1 N–H and O–H groups in total. The summed E-state index contributed by atoms with van der Waals surface area (Å²) in [5.74, 6) is 0.124. The Morgan fingerprint density at radius 1 is 1.60 bits per heavy atom. The number of methoxy groups -OCH3 is 1. The van der Waals surface area contributed by atoms with Gasteiger partial charge in [-0.05, 0) is 18.2 Å². The van der Waals surface area contributed by atoms with Gasteiger partial charge < -0.3 is 15.0 Å². The van der Waals surface area contributed by atoms with Gasteiger partial charge in [0.25, 0.3) is 0 Å². The van der Waals surface area contributed by atoms with Gasteiger partial charge in [-0.2, -0.15) is 5.26 Å². The van der Waals surface area contributed by atoms with E-state index in [2.05, 4.69) is 5.32 Å². The Morgan fingerprint density at radius 2 is 2.40 bits per heavy atom. The number of ether oxygens (including phenoxy) is 1. The lowest BCUT2D eigenvalue weighted by atomic mass is 10.2. The predicted octanol–water partition coefficient (Wildman–Crippen LogP) is 1.87. The van der Waals surface area contributed by atoms with E-state index in [1.54, 1.807) is 30.2 Å². The Hall–Kier alpha value is -1.77.